The first-order chi connectivity index (χ1) is 10.8. The van der Waals surface area contributed by atoms with E-state index in [4.69, 9.17) is 0 Å². The highest BCUT2D eigenvalue weighted by molar-refractivity contribution is 14.0. The molecule has 23 heavy (non-hydrogen) atoms. The summed E-state index contributed by atoms with van der Waals surface area (Å²) in [5.74, 6) is 3.67. The third-order valence-corrected chi connectivity index (χ3v) is 4.37. The minimum atomic E-state index is 0. The Labute approximate surface area is 157 Å². The summed E-state index contributed by atoms with van der Waals surface area (Å²) in [7, 11) is 0. The Morgan fingerprint density at radius 1 is 1.17 bits per heavy atom. The molecule has 1 aliphatic rings. The summed E-state index contributed by atoms with van der Waals surface area (Å²) in [5, 5.41) is 15.3. The smallest absolute Gasteiger partial charge is 0.191 e. The number of aryl methyl sites for hydroxylation is 1. The molecule has 0 aliphatic carbocycles. The third-order valence-electron chi connectivity index (χ3n) is 4.37. The van der Waals surface area contributed by atoms with Crippen LogP contribution < -0.4 is 10.6 Å². The first kappa shape index (κ1) is 20.2. The van der Waals surface area contributed by atoms with Crippen molar-refractivity contribution in [2.75, 3.05) is 13.1 Å². The number of aliphatic imine (C=N–C) groups is 1. The summed E-state index contributed by atoms with van der Waals surface area (Å²) < 4.78 is 2.23. The Morgan fingerprint density at radius 2 is 1.96 bits per heavy atom. The molecule has 0 radical (unpaired) electrons. The van der Waals surface area contributed by atoms with E-state index in [-0.39, 0.29) is 24.0 Å². The van der Waals surface area contributed by atoms with Gasteiger partial charge in [-0.05, 0) is 25.7 Å². The zero-order valence-corrected chi connectivity index (χ0v) is 17.0. The number of nitrogens with zero attached hydrogens (tertiary/aromatic N) is 4. The quantitative estimate of drug-likeness (QED) is 0.394. The Morgan fingerprint density at radius 3 is 2.65 bits per heavy atom. The highest BCUT2D eigenvalue weighted by Crippen LogP contribution is 2.14. The number of fused-ring (bicyclic) bond motifs is 1. The molecule has 0 saturated carbocycles. The van der Waals surface area contributed by atoms with Crippen LogP contribution in [0.15, 0.2) is 4.99 Å². The maximum atomic E-state index is 4.68. The second kappa shape index (κ2) is 10.8. The van der Waals surface area contributed by atoms with Crippen LogP contribution in [0.2, 0.25) is 0 Å². The molecule has 1 aliphatic heterocycles. The van der Waals surface area contributed by atoms with Crippen molar-refractivity contribution in [2.24, 2.45) is 10.9 Å². The molecular weight excluding hydrogens is 403 g/mol. The van der Waals surface area contributed by atoms with Crippen LogP contribution in [0, 0.1) is 5.92 Å². The fourth-order valence-electron chi connectivity index (χ4n) is 2.80. The zero-order valence-electron chi connectivity index (χ0n) is 14.6. The van der Waals surface area contributed by atoms with E-state index < -0.39 is 0 Å². The minimum Gasteiger partial charge on any atom is -0.357 e. The molecule has 2 heterocycles. The minimum absolute atomic E-state index is 0. The van der Waals surface area contributed by atoms with Crippen LogP contribution in [0.1, 0.15) is 58.1 Å². The molecule has 2 rings (SSSR count). The average molecular weight is 434 g/mol. The summed E-state index contributed by atoms with van der Waals surface area (Å²) in [6.45, 7) is 10.0. The molecule has 1 aromatic heterocycles. The fourth-order valence-corrected chi connectivity index (χ4v) is 2.80. The van der Waals surface area contributed by atoms with Gasteiger partial charge in [-0.3, -0.25) is 0 Å². The van der Waals surface area contributed by atoms with Gasteiger partial charge in [0.15, 0.2) is 11.8 Å². The SMILES string of the molecule is CCNC(=NCc1nnc2n1CCCC2)NCC(CC)CC.I. The third kappa shape index (κ3) is 5.93. The van der Waals surface area contributed by atoms with Gasteiger partial charge in [0.25, 0.3) is 0 Å². The van der Waals surface area contributed by atoms with Crippen LogP contribution in [-0.4, -0.2) is 33.8 Å². The molecule has 132 valence electrons. The highest BCUT2D eigenvalue weighted by atomic mass is 127. The summed E-state index contributed by atoms with van der Waals surface area (Å²) in [6, 6.07) is 0. The predicted octanol–water partition coefficient (Wildman–Crippen LogP) is 2.72. The van der Waals surface area contributed by atoms with Crippen LogP contribution in [0.25, 0.3) is 0 Å². The molecule has 0 atom stereocenters. The maximum Gasteiger partial charge on any atom is 0.191 e. The lowest BCUT2D eigenvalue weighted by Crippen LogP contribution is -2.39. The van der Waals surface area contributed by atoms with Crippen molar-refractivity contribution < 1.29 is 0 Å². The normalized spacial score (nSPS) is 14.3. The van der Waals surface area contributed by atoms with Crippen molar-refractivity contribution >= 4 is 29.9 Å². The van der Waals surface area contributed by atoms with Gasteiger partial charge >= 0.3 is 0 Å². The predicted molar refractivity (Wildman–Crippen MR) is 105 cm³/mol. The number of hydrogen-bond donors (Lipinski definition) is 2. The van der Waals surface area contributed by atoms with E-state index in [0.717, 1.165) is 43.7 Å². The summed E-state index contributed by atoms with van der Waals surface area (Å²) in [5.41, 5.74) is 0. The van der Waals surface area contributed by atoms with E-state index in [1.807, 2.05) is 0 Å². The second-order valence-electron chi connectivity index (χ2n) is 5.90. The first-order valence-corrected chi connectivity index (χ1v) is 8.71. The topological polar surface area (TPSA) is 67.1 Å². The molecule has 0 bridgehead atoms. The van der Waals surface area contributed by atoms with Crippen molar-refractivity contribution in [3.05, 3.63) is 11.6 Å². The van der Waals surface area contributed by atoms with Gasteiger partial charge in [0.1, 0.15) is 12.4 Å². The van der Waals surface area contributed by atoms with E-state index in [1.54, 1.807) is 0 Å². The molecular formula is C16H31IN6. The maximum absolute atomic E-state index is 4.68. The molecule has 6 nitrogen and oxygen atoms in total. The lowest BCUT2D eigenvalue weighted by molar-refractivity contribution is 0.481. The summed E-state index contributed by atoms with van der Waals surface area (Å²) >= 11 is 0. The van der Waals surface area contributed by atoms with Gasteiger partial charge in [-0.2, -0.15) is 0 Å². The van der Waals surface area contributed by atoms with Gasteiger partial charge in [-0.25, -0.2) is 4.99 Å². The molecule has 2 N–H and O–H groups in total. The van der Waals surface area contributed by atoms with Gasteiger partial charge < -0.3 is 15.2 Å². The Hall–Kier alpha value is -0.860. The van der Waals surface area contributed by atoms with Gasteiger partial charge in [-0.15, -0.1) is 34.2 Å². The highest BCUT2D eigenvalue weighted by Gasteiger charge is 2.15. The largest absolute Gasteiger partial charge is 0.357 e. The fraction of sp³-hybridized carbons (Fsp3) is 0.812. The lowest BCUT2D eigenvalue weighted by Gasteiger charge is -2.17. The van der Waals surface area contributed by atoms with Crippen molar-refractivity contribution in [3.63, 3.8) is 0 Å². The van der Waals surface area contributed by atoms with Crippen molar-refractivity contribution in [1.82, 2.24) is 25.4 Å². The van der Waals surface area contributed by atoms with Gasteiger partial charge in [0.2, 0.25) is 0 Å². The zero-order chi connectivity index (χ0) is 15.8. The average Bonchev–Trinajstić information content (AvgIpc) is 2.96. The van der Waals surface area contributed by atoms with E-state index in [1.165, 1.54) is 25.7 Å². The van der Waals surface area contributed by atoms with Crippen LogP contribution in [0.5, 0.6) is 0 Å². The van der Waals surface area contributed by atoms with Crippen LogP contribution in [0.4, 0.5) is 0 Å². The van der Waals surface area contributed by atoms with Crippen LogP contribution >= 0.6 is 24.0 Å². The molecule has 0 spiro atoms. The van der Waals surface area contributed by atoms with E-state index in [9.17, 15) is 0 Å². The van der Waals surface area contributed by atoms with Gasteiger partial charge in [0.05, 0.1) is 0 Å². The molecule has 1 aromatic rings. The molecule has 7 heteroatoms. The number of nitrogens with one attached hydrogen (secondary N) is 2. The molecule has 0 aromatic carbocycles. The number of halogens is 1. The van der Waals surface area contributed by atoms with Crippen LogP contribution in [0.3, 0.4) is 0 Å². The van der Waals surface area contributed by atoms with Crippen molar-refractivity contribution in [3.8, 4) is 0 Å². The summed E-state index contributed by atoms with van der Waals surface area (Å²) in [4.78, 5) is 4.68. The molecule has 0 fully saturated rings. The number of hydrogen-bond acceptors (Lipinski definition) is 3. The van der Waals surface area contributed by atoms with Crippen molar-refractivity contribution in [2.45, 2.75) is 66.0 Å². The van der Waals surface area contributed by atoms with E-state index >= 15 is 0 Å². The van der Waals surface area contributed by atoms with Gasteiger partial charge in [0, 0.05) is 26.1 Å². The standard InChI is InChI=1S/C16H30N6.HI/c1-4-13(5-2)11-18-16(17-6-3)19-12-15-21-20-14-9-7-8-10-22(14)15;/h13H,4-12H2,1-3H3,(H2,17,18,19);1H. The van der Waals surface area contributed by atoms with E-state index in [0.29, 0.717) is 12.5 Å². The van der Waals surface area contributed by atoms with E-state index in [2.05, 4.69) is 51.2 Å². The molecule has 0 unspecified atom stereocenters. The molecule has 0 amide bonds. The Bertz CT molecular complexity index is 481. The first-order valence-electron chi connectivity index (χ1n) is 8.71. The Kier molecular flexibility index (Phi) is 9.50. The number of rotatable bonds is 7. The Balaban J connectivity index is 0.00000264. The lowest BCUT2D eigenvalue weighted by atomic mass is 10.0. The summed E-state index contributed by atoms with van der Waals surface area (Å²) in [6.07, 6.45) is 5.88. The van der Waals surface area contributed by atoms with Gasteiger partial charge in [-0.1, -0.05) is 26.7 Å². The monoisotopic (exact) mass is 434 g/mol. The van der Waals surface area contributed by atoms with Crippen molar-refractivity contribution in [1.29, 1.82) is 0 Å². The number of guanidine groups is 1. The number of aromatic nitrogens is 3. The second-order valence-corrected chi connectivity index (χ2v) is 5.90. The van der Waals surface area contributed by atoms with Crippen LogP contribution in [-0.2, 0) is 19.5 Å². The molecule has 0 saturated heterocycles.